The van der Waals surface area contributed by atoms with Crippen LogP contribution in [0.2, 0.25) is 0 Å². The van der Waals surface area contributed by atoms with E-state index < -0.39 is 4.92 Å². The minimum Gasteiger partial charge on any atom is -0.393 e. The van der Waals surface area contributed by atoms with Crippen LogP contribution in [0.1, 0.15) is 297 Å². The first kappa shape index (κ1) is 64.6. The molecule has 2 aromatic heterocycles. The van der Waals surface area contributed by atoms with E-state index in [2.05, 4.69) is 27.7 Å². The summed E-state index contributed by atoms with van der Waals surface area (Å²) in [6.07, 6.45) is 45.5. The first-order chi connectivity index (χ1) is 42.1. The van der Waals surface area contributed by atoms with Crippen LogP contribution in [0, 0.1) is 10.1 Å². The number of nitrogens with zero attached hydrogens (tertiary/aromatic N) is 3. The van der Waals surface area contributed by atoms with Crippen molar-refractivity contribution in [2.45, 2.75) is 297 Å². The second kappa shape index (κ2) is 31.8. The highest BCUT2D eigenvalue weighted by Gasteiger charge is 2.32. The Morgan fingerprint density at radius 3 is 0.919 bits per heavy atom. The molecule has 2 N–H and O–H groups in total. The molecule has 0 radical (unpaired) electrons. The van der Waals surface area contributed by atoms with Gasteiger partial charge in [0.1, 0.15) is 5.69 Å². The standard InChI is InChI=1S/C76H104N4O6/c1-5-9-13-17-21-25-29-33-37-41-53(42-38-34-30-26-22-18-14-10-6-2)78-73(81)58-47-45-55-56-46-48-59-66-63(76(84)79(74(59)82)54(43-39-35-31-27-23-19-15-11-7-3)44-40-36-32-28-24-20-16-12-8-4)52-61-67-57(49-50-64(77)72(67)80(85)86)60-51-62(75(78)83)65(58)68(55)70(60)71(61)69(56)66/h45-54H,5-44,77H2,1-4H3. The van der Waals surface area contributed by atoms with Crippen LogP contribution in [0.25, 0.3) is 86.2 Å². The van der Waals surface area contributed by atoms with Crippen molar-refractivity contribution in [1.82, 2.24) is 9.13 Å². The fourth-order valence-electron chi connectivity index (χ4n) is 15.4. The lowest BCUT2D eigenvalue weighted by atomic mass is 9.80. The zero-order chi connectivity index (χ0) is 60.5. The van der Waals surface area contributed by atoms with Crippen LogP contribution >= 0.6 is 0 Å². The second-order valence-electron chi connectivity index (χ2n) is 26.4. The Balaban J connectivity index is 1.17. The van der Waals surface area contributed by atoms with E-state index >= 15 is 19.2 Å². The van der Waals surface area contributed by atoms with E-state index in [1.54, 1.807) is 15.2 Å². The highest BCUT2D eigenvalue weighted by molar-refractivity contribution is 6.49. The first-order valence-corrected chi connectivity index (χ1v) is 35.2. The highest BCUT2D eigenvalue weighted by atomic mass is 16.6. The van der Waals surface area contributed by atoms with Gasteiger partial charge in [-0.3, -0.25) is 38.4 Å². The number of nitrogens with two attached hydrogens (primary N) is 1. The predicted octanol–water partition coefficient (Wildman–Crippen LogP) is 22.0. The summed E-state index contributed by atoms with van der Waals surface area (Å²) in [4.78, 5) is 75.3. The molecule has 0 fully saturated rings. The number of unbranched alkanes of at least 4 members (excludes halogenated alkanes) is 32. The van der Waals surface area contributed by atoms with E-state index in [1.807, 2.05) is 42.5 Å². The third kappa shape index (κ3) is 14.2. The van der Waals surface area contributed by atoms with Gasteiger partial charge in [0.15, 0.2) is 0 Å². The molecule has 9 aromatic rings. The molecule has 0 aliphatic heterocycles. The van der Waals surface area contributed by atoms with E-state index in [4.69, 9.17) is 5.73 Å². The van der Waals surface area contributed by atoms with Crippen LogP contribution in [0.4, 0.5) is 11.4 Å². The number of rotatable bonds is 43. The molecule has 464 valence electrons. The number of aromatic nitrogens is 2. The minimum absolute atomic E-state index is 0.00168. The molecule has 0 saturated heterocycles. The van der Waals surface area contributed by atoms with E-state index in [-0.39, 0.29) is 45.7 Å². The first-order valence-electron chi connectivity index (χ1n) is 35.2. The zero-order valence-electron chi connectivity index (χ0n) is 53.4. The maximum absolute atomic E-state index is 15.7. The molecule has 0 aliphatic rings. The average molecular weight is 1170 g/mol. The van der Waals surface area contributed by atoms with E-state index in [0.717, 1.165) is 124 Å². The lowest BCUT2D eigenvalue weighted by Gasteiger charge is -2.25. The van der Waals surface area contributed by atoms with Crippen molar-refractivity contribution in [2.75, 3.05) is 5.73 Å². The fourth-order valence-corrected chi connectivity index (χ4v) is 15.4. The summed E-state index contributed by atoms with van der Waals surface area (Å²) in [6, 6.07) is 14.3. The topological polar surface area (TPSA) is 147 Å². The average Bonchev–Trinajstić information content (AvgIpc) is 0.694. The van der Waals surface area contributed by atoms with Crippen molar-refractivity contribution in [2.24, 2.45) is 0 Å². The Hall–Kier alpha value is -5.90. The SMILES string of the molecule is CCCCCCCCCCCC(CCCCCCCCCCC)n1c(=O)c2ccc3c4ccc5c(=O)n(C(CCCCCCCCCCC)CCCCCCCCCCC)c(=O)c6cc7c8c([N+](=O)[O-])c(N)ccc8c8cc(c1=O)c2c3c8c7c4c56. The summed E-state index contributed by atoms with van der Waals surface area (Å²) in [7, 11) is 0. The van der Waals surface area contributed by atoms with Crippen LogP contribution < -0.4 is 28.0 Å². The van der Waals surface area contributed by atoms with Crippen LogP contribution in [0.3, 0.4) is 0 Å². The van der Waals surface area contributed by atoms with Gasteiger partial charge in [-0.15, -0.1) is 0 Å². The molecule has 7 aromatic carbocycles. The molecule has 0 bridgehead atoms. The molecule has 86 heavy (non-hydrogen) atoms. The fraction of sp³-hybridized carbons (Fsp3) is 0.605. The minimum atomic E-state index is -0.421. The van der Waals surface area contributed by atoms with Crippen LogP contribution in [0.5, 0.6) is 0 Å². The number of nitrogen functional groups attached to an aromatic ring is 1. The summed E-state index contributed by atoms with van der Waals surface area (Å²) >= 11 is 0. The molecule has 0 atom stereocenters. The lowest BCUT2D eigenvalue weighted by Crippen LogP contribution is -2.37. The van der Waals surface area contributed by atoms with Gasteiger partial charge in [-0.05, 0) is 104 Å². The molecule has 9 rings (SSSR count). The smallest absolute Gasteiger partial charge is 0.300 e. The van der Waals surface area contributed by atoms with Gasteiger partial charge in [0.05, 0.1) is 10.3 Å². The Bertz CT molecular complexity index is 3820. The Morgan fingerprint density at radius 2 is 0.581 bits per heavy atom. The normalized spacial score (nSPS) is 12.5. The monoisotopic (exact) mass is 1170 g/mol. The van der Waals surface area contributed by atoms with Crippen LogP contribution in [0.15, 0.2) is 67.7 Å². The summed E-state index contributed by atoms with van der Waals surface area (Å²) in [5.41, 5.74) is 5.17. The maximum Gasteiger partial charge on any atom is 0.300 e. The second-order valence-corrected chi connectivity index (χ2v) is 26.4. The number of hydrogen-bond donors (Lipinski definition) is 1. The van der Waals surface area contributed by atoms with Crippen molar-refractivity contribution in [3.63, 3.8) is 0 Å². The van der Waals surface area contributed by atoms with Crippen LogP contribution in [-0.2, 0) is 0 Å². The van der Waals surface area contributed by atoms with E-state index in [0.29, 0.717) is 64.6 Å². The molecular weight excluding hydrogens is 1060 g/mol. The maximum atomic E-state index is 15.7. The van der Waals surface area contributed by atoms with Crippen molar-refractivity contribution >= 4 is 97.6 Å². The van der Waals surface area contributed by atoms with E-state index in [1.165, 1.54) is 154 Å². The number of anilines is 1. The molecule has 0 spiro atoms. The lowest BCUT2D eigenvalue weighted by molar-refractivity contribution is -0.382. The van der Waals surface area contributed by atoms with Crippen molar-refractivity contribution in [3.05, 3.63) is 100 Å². The van der Waals surface area contributed by atoms with E-state index in [9.17, 15) is 10.1 Å². The molecule has 10 heteroatoms. The van der Waals surface area contributed by atoms with Crippen LogP contribution in [-0.4, -0.2) is 14.1 Å². The highest BCUT2D eigenvalue weighted by Crippen LogP contribution is 2.53. The van der Waals surface area contributed by atoms with Gasteiger partial charge in [0, 0.05) is 44.4 Å². The third-order valence-electron chi connectivity index (χ3n) is 20.1. The van der Waals surface area contributed by atoms with Gasteiger partial charge < -0.3 is 5.73 Å². The molecule has 0 unspecified atom stereocenters. The number of pyridine rings is 2. The van der Waals surface area contributed by atoms with Gasteiger partial charge in [0.25, 0.3) is 22.2 Å². The van der Waals surface area contributed by atoms with Crippen molar-refractivity contribution in [1.29, 1.82) is 0 Å². The summed E-state index contributed by atoms with van der Waals surface area (Å²) in [5, 5.41) is 22.9. The summed E-state index contributed by atoms with van der Waals surface area (Å²) in [5.74, 6) is 0. The van der Waals surface area contributed by atoms with Gasteiger partial charge in [0.2, 0.25) is 0 Å². The number of benzene rings is 7. The van der Waals surface area contributed by atoms with Crippen molar-refractivity contribution < 1.29 is 4.92 Å². The largest absolute Gasteiger partial charge is 0.393 e. The van der Waals surface area contributed by atoms with Crippen molar-refractivity contribution in [3.8, 4) is 0 Å². The number of hydrogen-bond acceptors (Lipinski definition) is 7. The van der Waals surface area contributed by atoms with Gasteiger partial charge in [-0.2, -0.15) is 0 Å². The van der Waals surface area contributed by atoms with Gasteiger partial charge in [-0.1, -0.05) is 277 Å². The number of nitro groups is 1. The molecule has 2 heterocycles. The quantitative estimate of drug-likeness (QED) is 0.00999. The molecule has 0 aliphatic carbocycles. The Labute approximate surface area is 511 Å². The van der Waals surface area contributed by atoms with Gasteiger partial charge >= 0.3 is 5.69 Å². The number of fused-ring (bicyclic) bond motifs is 4. The number of nitro benzene ring substituents is 1. The molecule has 10 nitrogen and oxygen atoms in total. The third-order valence-corrected chi connectivity index (χ3v) is 20.1. The Kier molecular flexibility index (Phi) is 23.9. The summed E-state index contributed by atoms with van der Waals surface area (Å²) < 4.78 is 3.15. The molecule has 0 amide bonds. The molecule has 0 saturated carbocycles. The summed E-state index contributed by atoms with van der Waals surface area (Å²) in [6.45, 7) is 8.99. The molecular formula is C76H104N4O6. The predicted molar refractivity (Wildman–Crippen MR) is 369 cm³/mol. The zero-order valence-corrected chi connectivity index (χ0v) is 53.4. The Morgan fingerprint density at radius 1 is 0.326 bits per heavy atom. The van der Waals surface area contributed by atoms with Gasteiger partial charge in [-0.25, -0.2) is 0 Å².